The number of benzene rings is 2. The van der Waals surface area contributed by atoms with Crippen molar-refractivity contribution in [2.24, 2.45) is 0 Å². The molecule has 0 N–H and O–H groups in total. The van der Waals surface area contributed by atoms with E-state index in [1.807, 2.05) is 24.3 Å². The predicted octanol–water partition coefficient (Wildman–Crippen LogP) is 3.84. The van der Waals surface area contributed by atoms with Gasteiger partial charge in [-0.1, -0.05) is 35.5 Å². The smallest absolute Gasteiger partial charge is 0.337 e. The fourth-order valence-corrected chi connectivity index (χ4v) is 2.90. The molecule has 5 nitrogen and oxygen atoms in total. The van der Waals surface area contributed by atoms with Crippen molar-refractivity contribution >= 4 is 11.6 Å². The lowest BCUT2D eigenvalue weighted by atomic mass is 10.1. The molecule has 4 rings (SSSR count). The van der Waals surface area contributed by atoms with E-state index < -0.39 is 11.7 Å². The summed E-state index contributed by atoms with van der Waals surface area (Å²) in [4.78, 5) is 17.8. The molecule has 1 aliphatic rings. The van der Waals surface area contributed by atoms with E-state index in [0.717, 1.165) is 23.4 Å². The molecule has 0 saturated carbocycles. The molecule has 1 aliphatic heterocycles. The summed E-state index contributed by atoms with van der Waals surface area (Å²) in [5, 5.41) is 3.74. The van der Waals surface area contributed by atoms with Gasteiger partial charge in [0.1, 0.15) is 6.54 Å². The summed E-state index contributed by atoms with van der Waals surface area (Å²) in [6.45, 7) is 0.0712. The fraction of sp³-hybridized carbons (Fsp3) is 0.167. The van der Waals surface area contributed by atoms with E-state index >= 15 is 0 Å². The van der Waals surface area contributed by atoms with Crippen molar-refractivity contribution in [2.45, 2.75) is 19.1 Å². The summed E-state index contributed by atoms with van der Waals surface area (Å²) in [6.07, 6.45) is -4.15. The Balaban J connectivity index is 1.59. The molecule has 1 aromatic heterocycles. The van der Waals surface area contributed by atoms with Gasteiger partial charge in [0, 0.05) is 11.3 Å². The van der Waals surface area contributed by atoms with E-state index in [-0.39, 0.29) is 29.7 Å². The summed E-state index contributed by atoms with van der Waals surface area (Å²) in [6, 6.07) is 12.1. The highest BCUT2D eigenvalue weighted by Crippen LogP contribution is 2.32. The monoisotopic (exact) mass is 359 g/mol. The van der Waals surface area contributed by atoms with Crippen LogP contribution in [0.5, 0.6) is 0 Å². The number of halogens is 3. The van der Waals surface area contributed by atoms with Crippen molar-refractivity contribution < 1.29 is 22.5 Å². The topological polar surface area (TPSA) is 59.2 Å². The van der Waals surface area contributed by atoms with Gasteiger partial charge in [-0.3, -0.25) is 4.79 Å². The minimum atomic E-state index is -4.45. The molecular formula is C18H12F3N3O2. The molecule has 0 spiro atoms. The lowest BCUT2D eigenvalue weighted by Gasteiger charge is -2.14. The van der Waals surface area contributed by atoms with Crippen LogP contribution in [-0.2, 0) is 23.9 Å². The van der Waals surface area contributed by atoms with Gasteiger partial charge < -0.3 is 9.42 Å². The quantitative estimate of drug-likeness (QED) is 0.713. The zero-order chi connectivity index (χ0) is 18.3. The Morgan fingerprint density at radius 2 is 1.92 bits per heavy atom. The molecule has 0 bridgehead atoms. The van der Waals surface area contributed by atoms with Gasteiger partial charge in [0.05, 0.1) is 12.0 Å². The number of carbonyl (C=O) groups is 1. The zero-order valence-electron chi connectivity index (χ0n) is 13.3. The molecule has 3 aromatic rings. The van der Waals surface area contributed by atoms with Crippen LogP contribution in [0.1, 0.15) is 17.0 Å². The minimum absolute atomic E-state index is 0.0473. The molecule has 0 aliphatic carbocycles. The van der Waals surface area contributed by atoms with E-state index in [1.54, 1.807) is 0 Å². The molecule has 0 fully saturated rings. The van der Waals surface area contributed by atoms with Crippen LogP contribution in [0.15, 0.2) is 53.1 Å². The first-order valence-electron chi connectivity index (χ1n) is 7.80. The van der Waals surface area contributed by atoms with Gasteiger partial charge in [0.15, 0.2) is 0 Å². The standard InChI is InChI=1S/C18H12F3N3O2/c19-18(20,21)13-6-3-5-12(8-13)17-22-15(26-23-17)10-24-14-7-2-1-4-11(14)9-16(24)25/h1-8H,9-10H2. The van der Waals surface area contributed by atoms with Crippen LogP contribution < -0.4 is 4.90 Å². The number of aromatic nitrogens is 2. The molecule has 1 amide bonds. The Kier molecular flexibility index (Phi) is 3.75. The summed E-state index contributed by atoms with van der Waals surface area (Å²) in [5.41, 5.74) is 1.10. The van der Waals surface area contributed by atoms with Gasteiger partial charge in [-0.25, -0.2) is 0 Å². The molecule has 2 aromatic carbocycles. The molecule has 132 valence electrons. The van der Waals surface area contributed by atoms with Gasteiger partial charge in [-0.2, -0.15) is 18.2 Å². The predicted molar refractivity (Wildman–Crippen MR) is 86.1 cm³/mol. The lowest BCUT2D eigenvalue weighted by molar-refractivity contribution is -0.137. The van der Waals surface area contributed by atoms with E-state index in [0.29, 0.717) is 6.42 Å². The van der Waals surface area contributed by atoms with Gasteiger partial charge >= 0.3 is 6.18 Å². The molecule has 0 saturated heterocycles. The van der Waals surface area contributed by atoms with Crippen molar-refractivity contribution in [3.05, 3.63) is 65.5 Å². The second-order valence-corrected chi connectivity index (χ2v) is 5.88. The fourth-order valence-electron chi connectivity index (χ4n) is 2.90. The van der Waals surface area contributed by atoms with Crippen molar-refractivity contribution in [3.8, 4) is 11.4 Å². The first-order valence-corrected chi connectivity index (χ1v) is 7.80. The number of rotatable bonds is 3. The first kappa shape index (κ1) is 16.3. The Hall–Kier alpha value is -3.16. The van der Waals surface area contributed by atoms with Crippen LogP contribution in [0.2, 0.25) is 0 Å². The molecular weight excluding hydrogens is 347 g/mol. The number of para-hydroxylation sites is 1. The normalized spacial score (nSPS) is 14.0. The largest absolute Gasteiger partial charge is 0.416 e. The third-order valence-corrected chi connectivity index (χ3v) is 4.13. The number of nitrogens with zero attached hydrogens (tertiary/aromatic N) is 3. The second-order valence-electron chi connectivity index (χ2n) is 5.88. The Labute approximate surface area is 146 Å². The van der Waals surface area contributed by atoms with Crippen LogP contribution in [0.4, 0.5) is 18.9 Å². The van der Waals surface area contributed by atoms with Crippen molar-refractivity contribution in [1.29, 1.82) is 0 Å². The number of anilines is 1. The van der Waals surface area contributed by atoms with Crippen LogP contribution in [0.25, 0.3) is 11.4 Å². The second kappa shape index (κ2) is 5.98. The molecule has 8 heteroatoms. The van der Waals surface area contributed by atoms with Crippen molar-refractivity contribution in [2.75, 3.05) is 4.90 Å². The average molecular weight is 359 g/mol. The van der Waals surface area contributed by atoms with Crippen molar-refractivity contribution in [1.82, 2.24) is 10.1 Å². The zero-order valence-corrected chi connectivity index (χ0v) is 13.3. The minimum Gasteiger partial charge on any atom is -0.337 e. The van der Waals surface area contributed by atoms with Gasteiger partial charge in [-0.15, -0.1) is 0 Å². The highest BCUT2D eigenvalue weighted by Gasteiger charge is 2.31. The van der Waals surface area contributed by atoms with E-state index in [9.17, 15) is 18.0 Å². The van der Waals surface area contributed by atoms with Crippen LogP contribution in [0.3, 0.4) is 0 Å². The number of alkyl halides is 3. The first-order chi connectivity index (χ1) is 12.4. The maximum absolute atomic E-state index is 12.8. The molecule has 0 atom stereocenters. The molecule has 0 unspecified atom stereocenters. The van der Waals surface area contributed by atoms with Crippen molar-refractivity contribution in [3.63, 3.8) is 0 Å². The summed E-state index contributed by atoms with van der Waals surface area (Å²) in [5.74, 6) is 0.110. The molecule has 26 heavy (non-hydrogen) atoms. The average Bonchev–Trinajstić information content (AvgIpc) is 3.20. The third kappa shape index (κ3) is 2.94. The summed E-state index contributed by atoms with van der Waals surface area (Å²) in [7, 11) is 0. The molecule has 0 radical (unpaired) electrons. The maximum atomic E-state index is 12.8. The van der Waals surface area contributed by atoms with Crippen LogP contribution >= 0.6 is 0 Å². The highest BCUT2D eigenvalue weighted by atomic mass is 19.4. The third-order valence-electron chi connectivity index (χ3n) is 4.13. The van der Waals surface area contributed by atoms with Gasteiger partial charge in [0.2, 0.25) is 17.6 Å². The number of amides is 1. The highest BCUT2D eigenvalue weighted by molar-refractivity contribution is 6.01. The van der Waals surface area contributed by atoms with E-state index in [2.05, 4.69) is 10.1 Å². The summed E-state index contributed by atoms with van der Waals surface area (Å²) < 4.78 is 43.6. The van der Waals surface area contributed by atoms with E-state index in [1.165, 1.54) is 17.0 Å². The van der Waals surface area contributed by atoms with Gasteiger partial charge in [-0.05, 0) is 23.8 Å². The number of carbonyl (C=O) groups excluding carboxylic acids is 1. The number of hydrogen-bond donors (Lipinski definition) is 0. The SMILES string of the molecule is O=C1Cc2ccccc2N1Cc1nc(-c2cccc(C(F)(F)F)c2)no1. The lowest BCUT2D eigenvalue weighted by Crippen LogP contribution is -2.26. The van der Waals surface area contributed by atoms with Gasteiger partial charge in [0.25, 0.3) is 0 Å². The maximum Gasteiger partial charge on any atom is 0.416 e. The van der Waals surface area contributed by atoms with Crippen LogP contribution in [0, 0.1) is 0 Å². The molecule has 2 heterocycles. The number of hydrogen-bond acceptors (Lipinski definition) is 4. The Bertz CT molecular complexity index is 982. The summed E-state index contributed by atoms with van der Waals surface area (Å²) >= 11 is 0. The number of fused-ring (bicyclic) bond motifs is 1. The Morgan fingerprint density at radius 3 is 2.73 bits per heavy atom. The van der Waals surface area contributed by atoms with E-state index in [4.69, 9.17) is 4.52 Å². The van der Waals surface area contributed by atoms with Crippen LogP contribution in [-0.4, -0.2) is 16.0 Å². The Morgan fingerprint density at radius 1 is 1.12 bits per heavy atom.